The predicted octanol–water partition coefficient (Wildman–Crippen LogP) is 4.09. The minimum absolute atomic E-state index is 0.443. The summed E-state index contributed by atoms with van der Waals surface area (Å²) < 4.78 is 10.6. The summed E-state index contributed by atoms with van der Waals surface area (Å²) in [7, 11) is 1.66. The van der Waals surface area contributed by atoms with Crippen LogP contribution in [0, 0.1) is 0 Å². The van der Waals surface area contributed by atoms with Crippen molar-refractivity contribution in [2.45, 2.75) is 6.42 Å². The molecular formula is C16H17Cl2N3O2S. The molecule has 0 radical (unpaired) electrons. The first-order valence-electron chi connectivity index (χ1n) is 7.21. The second kappa shape index (κ2) is 9.64. The van der Waals surface area contributed by atoms with Crippen LogP contribution in [0.5, 0.6) is 0 Å². The molecule has 0 aliphatic carbocycles. The Morgan fingerprint density at radius 3 is 2.88 bits per heavy atom. The van der Waals surface area contributed by atoms with Gasteiger partial charge in [0.15, 0.2) is 5.11 Å². The second-order valence-electron chi connectivity index (χ2n) is 4.80. The summed E-state index contributed by atoms with van der Waals surface area (Å²) in [6, 6.07) is 8.96. The van der Waals surface area contributed by atoms with E-state index in [2.05, 4.69) is 15.8 Å². The van der Waals surface area contributed by atoms with Gasteiger partial charge in [0.05, 0.1) is 16.3 Å². The molecule has 0 spiro atoms. The first-order chi connectivity index (χ1) is 11.6. The lowest BCUT2D eigenvalue weighted by Gasteiger charge is -2.05. The molecule has 0 atom stereocenters. The zero-order valence-corrected chi connectivity index (χ0v) is 15.3. The largest absolute Gasteiger partial charge is 0.455 e. The Kier molecular flexibility index (Phi) is 7.52. The van der Waals surface area contributed by atoms with E-state index in [1.807, 2.05) is 12.1 Å². The minimum atomic E-state index is 0.443. The molecule has 0 aliphatic heterocycles. The number of methoxy groups -OCH3 is 1. The number of rotatable bonds is 7. The Morgan fingerprint density at radius 2 is 2.12 bits per heavy atom. The molecule has 0 fully saturated rings. The molecule has 0 unspecified atom stereocenters. The van der Waals surface area contributed by atoms with Gasteiger partial charge in [-0.2, -0.15) is 5.10 Å². The van der Waals surface area contributed by atoms with Gasteiger partial charge in [-0.15, -0.1) is 0 Å². The van der Waals surface area contributed by atoms with Crippen LogP contribution in [-0.2, 0) is 4.74 Å². The highest BCUT2D eigenvalue weighted by Gasteiger charge is 2.06. The van der Waals surface area contributed by atoms with Crippen molar-refractivity contribution in [3.63, 3.8) is 0 Å². The Bertz CT molecular complexity index is 719. The Labute approximate surface area is 156 Å². The number of nitrogens with one attached hydrogen (secondary N) is 2. The van der Waals surface area contributed by atoms with Crippen molar-refractivity contribution in [1.82, 2.24) is 10.7 Å². The van der Waals surface area contributed by atoms with Crippen LogP contribution in [0.15, 0.2) is 39.9 Å². The molecule has 1 aromatic heterocycles. The molecule has 1 aromatic carbocycles. The first-order valence-corrected chi connectivity index (χ1v) is 8.37. The molecule has 0 saturated heterocycles. The third-order valence-electron chi connectivity index (χ3n) is 3.00. The van der Waals surface area contributed by atoms with E-state index >= 15 is 0 Å². The third-order valence-corrected chi connectivity index (χ3v) is 3.97. The molecule has 2 rings (SSSR count). The maximum atomic E-state index is 6.01. The summed E-state index contributed by atoms with van der Waals surface area (Å²) in [6.07, 6.45) is 2.41. The van der Waals surface area contributed by atoms with Gasteiger partial charge in [0.2, 0.25) is 0 Å². The van der Waals surface area contributed by atoms with Crippen LogP contribution >= 0.6 is 35.4 Å². The molecule has 24 heavy (non-hydrogen) atoms. The number of benzene rings is 1. The van der Waals surface area contributed by atoms with Gasteiger partial charge in [0.25, 0.3) is 0 Å². The molecular weight excluding hydrogens is 369 g/mol. The lowest BCUT2D eigenvalue weighted by Crippen LogP contribution is -2.33. The predicted molar refractivity (Wildman–Crippen MR) is 102 cm³/mol. The number of thiocarbonyl (C=S) groups is 1. The zero-order chi connectivity index (χ0) is 17.4. The van der Waals surface area contributed by atoms with Crippen molar-refractivity contribution in [3.05, 3.63) is 46.1 Å². The van der Waals surface area contributed by atoms with E-state index < -0.39 is 0 Å². The third kappa shape index (κ3) is 5.79. The van der Waals surface area contributed by atoms with Gasteiger partial charge in [-0.05, 0) is 49.0 Å². The van der Waals surface area contributed by atoms with E-state index in [4.69, 9.17) is 44.6 Å². The van der Waals surface area contributed by atoms with E-state index in [1.165, 1.54) is 0 Å². The quantitative estimate of drug-likeness (QED) is 0.325. The van der Waals surface area contributed by atoms with Gasteiger partial charge in [-0.1, -0.05) is 23.2 Å². The van der Waals surface area contributed by atoms with Crippen LogP contribution < -0.4 is 10.7 Å². The average Bonchev–Trinajstić information content (AvgIpc) is 3.03. The number of hydrogen-bond acceptors (Lipinski definition) is 4. The Hall–Kier alpha value is -1.60. The first kappa shape index (κ1) is 18.7. The van der Waals surface area contributed by atoms with E-state index in [9.17, 15) is 0 Å². The van der Waals surface area contributed by atoms with Gasteiger partial charge in [-0.3, -0.25) is 5.43 Å². The minimum Gasteiger partial charge on any atom is -0.455 e. The summed E-state index contributed by atoms with van der Waals surface area (Å²) in [5.74, 6) is 1.26. The maximum Gasteiger partial charge on any atom is 0.186 e. The van der Waals surface area contributed by atoms with Gasteiger partial charge < -0.3 is 14.5 Å². The highest BCUT2D eigenvalue weighted by Crippen LogP contribution is 2.29. The van der Waals surface area contributed by atoms with Crippen LogP contribution in [0.3, 0.4) is 0 Å². The molecule has 0 saturated carbocycles. The molecule has 8 heteroatoms. The number of hydrogen-bond donors (Lipinski definition) is 2. The van der Waals surface area contributed by atoms with Crippen LogP contribution in [-0.4, -0.2) is 31.6 Å². The highest BCUT2D eigenvalue weighted by molar-refractivity contribution is 7.80. The summed E-state index contributed by atoms with van der Waals surface area (Å²) in [5.41, 5.74) is 3.56. The van der Waals surface area contributed by atoms with Crippen molar-refractivity contribution in [1.29, 1.82) is 0 Å². The van der Waals surface area contributed by atoms with Gasteiger partial charge >= 0.3 is 0 Å². The molecule has 0 aliphatic rings. The fraction of sp³-hybridized carbons (Fsp3) is 0.250. The molecule has 0 bridgehead atoms. The van der Waals surface area contributed by atoms with E-state index in [0.29, 0.717) is 33.3 Å². The van der Waals surface area contributed by atoms with E-state index in [0.717, 1.165) is 18.5 Å². The topological polar surface area (TPSA) is 58.8 Å². The SMILES string of the molecule is COCCCNC(=S)N/N=C/c1ccc(-c2ccc(Cl)c(Cl)c2)o1. The number of ether oxygens (including phenoxy) is 1. The lowest BCUT2D eigenvalue weighted by atomic mass is 10.2. The summed E-state index contributed by atoms with van der Waals surface area (Å²) >= 11 is 17.0. The summed E-state index contributed by atoms with van der Waals surface area (Å²) in [4.78, 5) is 0. The molecule has 2 N–H and O–H groups in total. The van der Waals surface area contributed by atoms with Crippen LogP contribution in [0.2, 0.25) is 10.0 Å². The molecule has 0 amide bonds. The average molecular weight is 386 g/mol. The molecule has 1 heterocycles. The molecule has 128 valence electrons. The maximum absolute atomic E-state index is 6.01. The number of furan rings is 1. The Balaban J connectivity index is 1.86. The normalized spacial score (nSPS) is 11.0. The van der Waals surface area contributed by atoms with Crippen molar-refractivity contribution in [3.8, 4) is 11.3 Å². The standard InChI is InChI=1S/C16H17Cl2N3O2S/c1-22-8-2-7-19-16(24)21-20-10-12-4-6-15(23-12)11-3-5-13(17)14(18)9-11/h3-6,9-10H,2,7-8H2,1H3,(H2,19,21,24)/b20-10+. The number of hydrazone groups is 1. The number of nitrogens with zero attached hydrogens (tertiary/aromatic N) is 1. The lowest BCUT2D eigenvalue weighted by molar-refractivity contribution is 0.195. The smallest absolute Gasteiger partial charge is 0.186 e. The van der Waals surface area contributed by atoms with Gasteiger partial charge in [-0.25, -0.2) is 0 Å². The van der Waals surface area contributed by atoms with E-state index in [-0.39, 0.29) is 0 Å². The molecule has 2 aromatic rings. The number of halogens is 2. The van der Waals surface area contributed by atoms with Gasteiger partial charge in [0, 0.05) is 25.8 Å². The zero-order valence-electron chi connectivity index (χ0n) is 13.0. The highest BCUT2D eigenvalue weighted by atomic mass is 35.5. The second-order valence-corrected chi connectivity index (χ2v) is 6.03. The molecule has 5 nitrogen and oxygen atoms in total. The fourth-order valence-corrected chi connectivity index (χ4v) is 2.29. The van der Waals surface area contributed by atoms with E-state index in [1.54, 1.807) is 31.5 Å². The summed E-state index contributed by atoms with van der Waals surface area (Å²) in [6.45, 7) is 1.40. The van der Waals surface area contributed by atoms with Crippen molar-refractivity contribution < 1.29 is 9.15 Å². The van der Waals surface area contributed by atoms with Crippen molar-refractivity contribution >= 4 is 46.7 Å². The van der Waals surface area contributed by atoms with Crippen LogP contribution in [0.1, 0.15) is 12.2 Å². The monoisotopic (exact) mass is 385 g/mol. The van der Waals surface area contributed by atoms with Crippen molar-refractivity contribution in [2.24, 2.45) is 5.10 Å². The fourth-order valence-electron chi connectivity index (χ4n) is 1.84. The summed E-state index contributed by atoms with van der Waals surface area (Å²) in [5, 5.41) is 8.47. The van der Waals surface area contributed by atoms with Crippen LogP contribution in [0.25, 0.3) is 11.3 Å². The Morgan fingerprint density at radius 1 is 1.29 bits per heavy atom. The van der Waals surface area contributed by atoms with Gasteiger partial charge in [0.1, 0.15) is 11.5 Å². The van der Waals surface area contributed by atoms with Crippen LogP contribution in [0.4, 0.5) is 0 Å². The van der Waals surface area contributed by atoms with Crippen molar-refractivity contribution in [2.75, 3.05) is 20.3 Å².